The fraction of sp³-hybridized carbons (Fsp3) is 0.294. The molecule has 0 bridgehead atoms. The summed E-state index contributed by atoms with van der Waals surface area (Å²) in [6.45, 7) is 4.45. The lowest BCUT2D eigenvalue weighted by molar-refractivity contribution is 0.477. The summed E-state index contributed by atoms with van der Waals surface area (Å²) in [6.07, 6.45) is 1.05. The summed E-state index contributed by atoms with van der Waals surface area (Å²) < 4.78 is 1.13. The summed E-state index contributed by atoms with van der Waals surface area (Å²) in [5, 5.41) is 3.65. The highest BCUT2D eigenvalue weighted by Gasteiger charge is 2.10. The Morgan fingerprint density at radius 2 is 1.74 bits per heavy atom. The van der Waals surface area contributed by atoms with E-state index in [9.17, 15) is 0 Å². The van der Waals surface area contributed by atoms with E-state index in [-0.39, 0.29) is 0 Å². The standard InChI is InChI=1S/C17H20BrN/c1-13(11-15-7-4-3-5-8-15)19-14(2)16-9-6-10-17(18)12-16/h3-10,12-14,19H,11H2,1-2H3/t13?,14-/m1/s1. The first-order chi connectivity index (χ1) is 9.15. The van der Waals surface area contributed by atoms with E-state index in [1.54, 1.807) is 0 Å². The maximum absolute atomic E-state index is 3.65. The van der Waals surface area contributed by atoms with E-state index in [4.69, 9.17) is 0 Å². The van der Waals surface area contributed by atoms with Gasteiger partial charge in [0.15, 0.2) is 0 Å². The van der Waals surface area contributed by atoms with Gasteiger partial charge in [0.2, 0.25) is 0 Å². The van der Waals surface area contributed by atoms with Crippen LogP contribution in [0, 0.1) is 0 Å². The molecule has 0 aliphatic carbocycles. The molecule has 0 aliphatic rings. The highest BCUT2D eigenvalue weighted by atomic mass is 79.9. The third kappa shape index (κ3) is 4.48. The average Bonchev–Trinajstić information content (AvgIpc) is 2.39. The van der Waals surface area contributed by atoms with Crippen LogP contribution in [-0.4, -0.2) is 6.04 Å². The molecule has 0 aliphatic heterocycles. The molecule has 2 aromatic rings. The maximum Gasteiger partial charge on any atom is 0.0294 e. The molecule has 19 heavy (non-hydrogen) atoms. The molecule has 0 amide bonds. The number of benzene rings is 2. The van der Waals surface area contributed by atoms with Crippen LogP contribution in [0.5, 0.6) is 0 Å². The van der Waals surface area contributed by atoms with Crippen molar-refractivity contribution in [3.63, 3.8) is 0 Å². The molecule has 1 N–H and O–H groups in total. The number of halogens is 1. The normalized spacial score (nSPS) is 14.1. The smallest absolute Gasteiger partial charge is 0.0294 e. The monoisotopic (exact) mass is 317 g/mol. The summed E-state index contributed by atoms with van der Waals surface area (Å²) in [7, 11) is 0. The van der Waals surface area contributed by atoms with Crippen LogP contribution in [0.2, 0.25) is 0 Å². The molecule has 1 nitrogen and oxygen atoms in total. The molecule has 100 valence electrons. The van der Waals surface area contributed by atoms with Crippen molar-refractivity contribution in [1.82, 2.24) is 5.32 Å². The first-order valence-corrected chi connectivity index (χ1v) is 7.50. The highest BCUT2D eigenvalue weighted by molar-refractivity contribution is 9.10. The Morgan fingerprint density at radius 3 is 2.42 bits per heavy atom. The predicted molar refractivity (Wildman–Crippen MR) is 85.3 cm³/mol. The summed E-state index contributed by atoms with van der Waals surface area (Å²) in [4.78, 5) is 0. The topological polar surface area (TPSA) is 12.0 Å². The van der Waals surface area contributed by atoms with E-state index in [0.717, 1.165) is 10.9 Å². The Balaban J connectivity index is 1.93. The second kappa shape index (κ2) is 6.88. The van der Waals surface area contributed by atoms with Crippen LogP contribution in [0.4, 0.5) is 0 Å². The van der Waals surface area contributed by atoms with Crippen LogP contribution in [0.3, 0.4) is 0 Å². The minimum atomic E-state index is 0.358. The van der Waals surface area contributed by atoms with Gasteiger partial charge >= 0.3 is 0 Å². The molecule has 0 saturated heterocycles. The molecule has 2 heteroatoms. The van der Waals surface area contributed by atoms with Crippen LogP contribution >= 0.6 is 15.9 Å². The van der Waals surface area contributed by atoms with Gasteiger partial charge in [-0.2, -0.15) is 0 Å². The lowest BCUT2D eigenvalue weighted by atomic mass is 10.0. The molecule has 0 fully saturated rings. The Kier molecular flexibility index (Phi) is 5.17. The van der Waals surface area contributed by atoms with Crippen molar-refractivity contribution in [2.24, 2.45) is 0 Å². The van der Waals surface area contributed by atoms with Crippen molar-refractivity contribution in [2.45, 2.75) is 32.4 Å². The van der Waals surface area contributed by atoms with Crippen LogP contribution in [0.25, 0.3) is 0 Å². The van der Waals surface area contributed by atoms with Crippen molar-refractivity contribution >= 4 is 15.9 Å². The van der Waals surface area contributed by atoms with Crippen LogP contribution in [0.15, 0.2) is 59.1 Å². The number of rotatable bonds is 5. The maximum atomic E-state index is 3.65. The SMILES string of the molecule is CC(Cc1ccccc1)N[C@H](C)c1cccc(Br)c1. The largest absolute Gasteiger partial charge is 0.307 e. The zero-order chi connectivity index (χ0) is 13.7. The lowest BCUT2D eigenvalue weighted by Gasteiger charge is -2.20. The first-order valence-electron chi connectivity index (χ1n) is 6.70. The van der Waals surface area contributed by atoms with E-state index in [0.29, 0.717) is 12.1 Å². The zero-order valence-electron chi connectivity index (χ0n) is 11.4. The molecule has 0 heterocycles. The van der Waals surface area contributed by atoms with Gasteiger partial charge in [0.25, 0.3) is 0 Å². The molecule has 2 atom stereocenters. The molecular weight excluding hydrogens is 298 g/mol. The van der Waals surface area contributed by atoms with Gasteiger partial charge in [-0.1, -0.05) is 58.4 Å². The number of hydrogen-bond donors (Lipinski definition) is 1. The zero-order valence-corrected chi connectivity index (χ0v) is 13.0. The van der Waals surface area contributed by atoms with Crippen molar-refractivity contribution < 1.29 is 0 Å². The van der Waals surface area contributed by atoms with Crippen molar-refractivity contribution in [2.75, 3.05) is 0 Å². The average molecular weight is 318 g/mol. The second-order valence-electron chi connectivity index (χ2n) is 5.03. The minimum absolute atomic E-state index is 0.358. The van der Waals surface area contributed by atoms with Crippen molar-refractivity contribution in [3.05, 3.63) is 70.2 Å². The van der Waals surface area contributed by atoms with Crippen molar-refractivity contribution in [3.8, 4) is 0 Å². The molecule has 0 saturated carbocycles. The quantitative estimate of drug-likeness (QED) is 0.840. The van der Waals surface area contributed by atoms with E-state index >= 15 is 0 Å². The fourth-order valence-corrected chi connectivity index (χ4v) is 2.74. The summed E-state index contributed by atoms with van der Waals surface area (Å²) >= 11 is 3.52. The van der Waals surface area contributed by atoms with Crippen LogP contribution in [-0.2, 0) is 6.42 Å². The Morgan fingerprint density at radius 1 is 1.00 bits per heavy atom. The van der Waals surface area contributed by atoms with E-state index in [2.05, 4.69) is 89.7 Å². The Hall–Kier alpha value is -1.12. The van der Waals surface area contributed by atoms with Gasteiger partial charge in [0, 0.05) is 16.6 Å². The van der Waals surface area contributed by atoms with Crippen LogP contribution in [0.1, 0.15) is 31.0 Å². The summed E-state index contributed by atoms with van der Waals surface area (Å²) in [5.74, 6) is 0. The number of hydrogen-bond acceptors (Lipinski definition) is 1. The molecule has 2 aromatic carbocycles. The van der Waals surface area contributed by atoms with Gasteiger partial charge < -0.3 is 5.32 Å². The minimum Gasteiger partial charge on any atom is -0.307 e. The highest BCUT2D eigenvalue weighted by Crippen LogP contribution is 2.18. The fourth-order valence-electron chi connectivity index (χ4n) is 2.33. The Bertz CT molecular complexity index is 510. The van der Waals surface area contributed by atoms with Gasteiger partial charge in [0.1, 0.15) is 0 Å². The van der Waals surface area contributed by atoms with Gasteiger partial charge in [-0.15, -0.1) is 0 Å². The molecule has 0 radical (unpaired) electrons. The lowest BCUT2D eigenvalue weighted by Crippen LogP contribution is -2.30. The van der Waals surface area contributed by atoms with E-state index in [1.165, 1.54) is 11.1 Å². The molecule has 2 rings (SSSR count). The van der Waals surface area contributed by atoms with Crippen LogP contribution < -0.4 is 5.32 Å². The van der Waals surface area contributed by atoms with Gasteiger partial charge in [-0.05, 0) is 43.5 Å². The van der Waals surface area contributed by atoms with Gasteiger partial charge in [-0.25, -0.2) is 0 Å². The third-order valence-electron chi connectivity index (χ3n) is 3.27. The predicted octanol–water partition coefficient (Wildman–Crippen LogP) is 4.73. The first kappa shape index (κ1) is 14.3. The molecule has 1 unspecified atom stereocenters. The third-order valence-corrected chi connectivity index (χ3v) is 3.76. The summed E-state index contributed by atoms with van der Waals surface area (Å²) in [5.41, 5.74) is 2.69. The Labute approximate surface area is 124 Å². The van der Waals surface area contributed by atoms with E-state index in [1.807, 2.05) is 0 Å². The second-order valence-corrected chi connectivity index (χ2v) is 5.95. The van der Waals surface area contributed by atoms with Gasteiger partial charge in [-0.3, -0.25) is 0 Å². The van der Waals surface area contributed by atoms with Crippen molar-refractivity contribution in [1.29, 1.82) is 0 Å². The summed E-state index contributed by atoms with van der Waals surface area (Å²) in [6, 6.07) is 19.9. The molecule has 0 spiro atoms. The number of nitrogens with one attached hydrogen (secondary N) is 1. The molecule has 0 aromatic heterocycles. The molecular formula is C17H20BrN. The van der Waals surface area contributed by atoms with Gasteiger partial charge in [0.05, 0.1) is 0 Å². The van der Waals surface area contributed by atoms with E-state index < -0.39 is 0 Å².